The number of piperidine rings is 1. The zero-order chi connectivity index (χ0) is 24.0. The van der Waals surface area contributed by atoms with Crippen molar-refractivity contribution in [3.05, 3.63) is 53.2 Å². The molecule has 4 heterocycles. The predicted octanol–water partition coefficient (Wildman–Crippen LogP) is 4.67. The number of rotatable bonds is 6. The van der Waals surface area contributed by atoms with Crippen molar-refractivity contribution in [3.8, 4) is 10.7 Å². The molecule has 1 aromatic carbocycles. The van der Waals surface area contributed by atoms with Crippen LogP contribution in [0.15, 0.2) is 46.3 Å². The van der Waals surface area contributed by atoms with Crippen LogP contribution in [0.25, 0.3) is 10.7 Å². The van der Waals surface area contributed by atoms with Gasteiger partial charge in [-0.05, 0) is 62.4 Å². The first kappa shape index (κ1) is 23.7. The van der Waals surface area contributed by atoms with Crippen LogP contribution in [0.1, 0.15) is 54.8 Å². The minimum atomic E-state index is -0.0861. The van der Waals surface area contributed by atoms with Gasteiger partial charge in [0, 0.05) is 19.0 Å². The lowest BCUT2D eigenvalue weighted by Gasteiger charge is -2.30. The van der Waals surface area contributed by atoms with E-state index in [1.54, 1.807) is 11.3 Å². The summed E-state index contributed by atoms with van der Waals surface area (Å²) in [5.74, 6) is 1.13. The van der Waals surface area contributed by atoms with Crippen LogP contribution in [0.3, 0.4) is 0 Å². The number of nitrogens with zero attached hydrogens (tertiary/aromatic N) is 4. The second kappa shape index (κ2) is 11.1. The summed E-state index contributed by atoms with van der Waals surface area (Å²) in [6.45, 7) is 3.72. The molecule has 9 heteroatoms. The fourth-order valence-corrected chi connectivity index (χ4v) is 5.48. The molecule has 0 aliphatic carbocycles. The normalized spacial score (nSPS) is 17.8. The Hall–Kier alpha value is -3.04. The molecule has 184 valence electrons. The Morgan fingerprint density at radius 3 is 2.51 bits per heavy atom. The van der Waals surface area contributed by atoms with Crippen LogP contribution in [-0.4, -0.2) is 57.9 Å². The number of nitrogens with one attached hydrogen (secondary N) is 1. The van der Waals surface area contributed by atoms with E-state index in [1.807, 2.05) is 46.7 Å². The van der Waals surface area contributed by atoms with E-state index in [9.17, 15) is 9.59 Å². The number of hydrogen-bond donors (Lipinski definition) is 1. The summed E-state index contributed by atoms with van der Waals surface area (Å²) in [6, 6.07) is 11.3. The van der Waals surface area contributed by atoms with Crippen molar-refractivity contribution in [3.63, 3.8) is 0 Å². The quantitative estimate of drug-likeness (QED) is 0.537. The number of carbonyl (C=O) groups is 2. The molecule has 5 rings (SSSR count). The number of thiophene rings is 1. The number of benzene rings is 1. The van der Waals surface area contributed by atoms with Gasteiger partial charge in [-0.25, -0.2) is 0 Å². The van der Waals surface area contributed by atoms with Crippen LogP contribution in [0, 0.1) is 5.92 Å². The monoisotopic (exact) mass is 493 g/mol. The Balaban J connectivity index is 1.15. The third kappa shape index (κ3) is 5.79. The first-order valence-corrected chi connectivity index (χ1v) is 13.3. The lowest BCUT2D eigenvalue weighted by molar-refractivity contribution is -0.121. The Morgan fingerprint density at radius 1 is 1.00 bits per heavy atom. The molecule has 2 aliphatic heterocycles. The zero-order valence-corrected chi connectivity index (χ0v) is 20.6. The lowest BCUT2D eigenvalue weighted by Crippen LogP contribution is -2.38. The van der Waals surface area contributed by atoms with Crippen LogP contribution < -0.4 is 5.32 Å². The van der Waals surface area contributed by atoms with E-state index < -0.39 is 0 Å². The van der Waals surface area contributed by atoms with Gasteiger partial charge in [0.25, 0.3) is 5.91 Å². The Morgan fingerprint density at radius 2 is 1.77 bits per heavy atom. The second-order valence-corrected chi connectivity index (χ2v) is 10.2. The molecule has 0 radical (unpaired) electrons. The van der Waals surface area contributed by atoms with E-state index in [2.05, 4.69) is 20.4 Å². The van der Waals surface area contributed by atoms with Gasteiger partial charge in [-0.3, -0.25) is 14.5 Å². The minimum Gasteiger partial charge on any atom is -0.339 e. The van der Waals surface area contributed by atoms with Crippen LogP contribution in [0.2, 0.25) is 0 Å². The highest BCUT2D eigenvalue weighted by Gasteiger charge is 2.27. The van der Waals surface area contributed by atoms with Crippen LogP contribution in [0.5, 0.6) is 0 Å². The molecule has 0 spiro atoms. The Bertz CT molecular complexity index is 1130. The van der Waals surface area contributed by atoms with Crippen LogP contribution in [-0.2, 0) is 11.3 Å². The van der Waals surface area contributed by atoms with Gasteiger partial charge in [0.05, 0.1) is 22.7 Å². The molecule has 0 atom stereocenters. The fourth-order valence-electron chi connectivity index (χ4n) is 4.83. The number of hydrogen-bond acceptors (Lipinski definition) is 7. The summed E-state index contributed by atoms with van der Waals surface area (Å²) in [4.78, 5) is 35.9. The molecule has 2 aliphatic rings. The molecular weight excluding hydrogens is 462 g/mol. The van der Waals surface area contributed by atoms with Gasteiger partial charge in [-0.1, -0.05) is 36.2 Å². The van der Waals surface area contributed by atoms with Crippen molar-refractivity contribution >= 4 is 28.8 Å². The molecule has 1 N–H and O–H groups in total. The van der Waals surface area contributed by atoms with Gasteiger partial charge < -0.3 is 14.7 Å². The number of carbonyl (C=O) groups excluding carboxylic acids is 2. The van der Waals surface area contributed by atoms with Gasteiger partial charge in [0.1, 0.15) is 0 Å². The highest BCUT2D eigenvalue weighted by atomic mass is 32.1. The standard InChI is InChI=1S/C26H31N5O3S/c32-25(27-21-9-4-3-8-20(21)26(33)31-13-5-1-2-6-14-31)19-11-15-30(16-12-19)18-23-28-24(29-34-23)22-10-7-17-35-22/h3-4,7-10,17,19H,1-2,5-6,11-16,18H2,(H,27,32). The summed E-state index contributed by atoms with van der Waals surface area (Å²) < 4.78 is 5.43. The Labute approximate surface area is 209 Å². The number of anilines is 1. The van der Waals surface area contributed by atoms with Gasteiger partial charge in [-0.15, -0.1) is 11.3 Å². The summed E-state index contributed by atoms with van der Waals surface area (Å²) in [5.41, 5.74) is 1.19. The van der Waals surface area contributed by atoms with E-state index >= 15 is 0 Å². The van der Waals surface area contributed by atoms with Gasteiger partial charge >= 0.3 is 0 Å². The Kier molecular flexibility index (Phi) is 7.54. The SMILES string of the molecule is O=C(Nc1ccccc1C(=O)N1CCCCCC1)C1CCN(Cc2nc(-c3cccs3)no2)CC1. The molecule has 2 amide bonds. The number of para-hydroxylation sites is 1. The molecule has 3 aromatic rings. The van der Waals surface area contributed by atoms with E-state index in [1.165, 1.54) is 12.8 Å². The van der Waals surface area contributed by atoms with Crippen molar-refractivity contribution in [2.45, 2.75) is 45.1 Å². The third-order valence-electron chi connectivity index (χ3n) is 6.84. The zero-order valence-electron chi connectivity index (χ0n) is 19.8. The second-order valence-electron chi connectivity index (χ2n) is 9.28. The molecule has 2 aromatic heterocycles. The summed E-state index contributed by atoms with van der Waals surface area (Å²) in [6.07, 6.45) is 5.92. The van der Waals surface area contributed by atoms with E-state index in [0.29, 0.717) is 29.5 Å². The lowest BCUT2D eigenvalue weighted by atomic mass is 9.95. The first-order valence-electron chi connectivity index (χ1n) is 12.5. The maximum Gasteiger partial charge on any atom is 0.255 e. The van der Waals surface area contributed by atoms with Crippen molar-refractivity contribution < 1.29 is 14.1 Å². The smallest absolute Gasteiger partial charge is 0.255 e. The van der Waals surface area contributed by atoms with E-state index in [0.717, 1.165) is 56.7 Å². The van der Waals surface area contributed by atoms with Crippen LogP contribution in [0.4, 0.5) is 5.69 Å². The van der Waals surface area contributed by atoms with E-state index in [-0.39, 0.29) is 17.7 Å². The topological polar surface area (TPSA) is 91.6 Å². The molecule has 8 nitrogen and oxygen atoms in total. The fraction of sp³-hybridized carbons (Fsp3) is 0.462. The maximum absolute atomic E-state index is 13.2. The van der Waals surface area contributed by atoms with Gasteiger partial charge in [0.2, 0.25) is 17.6 Å². The number of amides is 2. The predicted molar refractivity (Wildman–Crippen MR) is 135 cm³/mol. The molecule has 2 saturated heterocycles. The molecule has 2 fully saturated rings. The maximum atomic E-state index is 13.2. The first-order chi connectivity index (χ1) is 17.2. The van der Waals surface area contributed by atoms with Crippen molar-refractivity contribution in [1.82, 2.24) is 19.9 Å². The van der Waals surface area contributed by atoms with E-state index in [4.69, 9.17) is 4.52 Å². The molecule has 35 heavy (non-hydrogen) atoms. The minimum absolute atomic E-state index is 0.0131. The summed E-state index contributed by atoms with van der Waals surface area (Å²) >= 11 is 1.58. The molecule has 0 unspecified atom stereocenters. The number of likely N-dealkylation sites (tertiary alicyclic amines) is 2. The average molecular weight is 494 g/mol. The molecular formula is C26H31N5O3S. The average Bonchev–Trinajstić information content (AvgIpc) is 3.51. The third-order valence-corrected chi connectivity index (χ3v) is 7.70. The van der Waals surface area contributed by atoms with Crippen molar-refractivity contribution in [2.24, 2.45) is 5.92 Å². The molecule has 0 saturated carbocycles. The summed E-state index contributed by atoms with van der Waals surface area (Å²) in [5, 5.41) is 9.12. The number of aromatic nitrogens is 2. The highest BCUT2D eigenvalue weighted by Crippen LogP contribution is 2.25. The summed E-state index contributed by atoms with van der Waals surface area (Å²) in [7, 11) is 0. The van der Waals surface area contributed by atoms with Crippen LogP contribution >= 0.6 is 11.3 Å². The van der Waals surface area contributed by atoms with Gasteiger partial charge in [-0.2, -0.15) is 4.98 Å². The van der Waals surface area contributed by atoms with Gasteiger partial charge in [0.15, 0.2) is 0 Å². The molecule has 0 bridgehead atoms. The van der Waals surface area contributed by atoms with Crippen molar-refractivity contribution in [2.75, 3.05) is 31.5 Å². The highest BCUT2D eigenvalue weighted by molar-refractivity contribution is 7.13. The largest absolute Gasteiger partial charge is 0.339 e. The van der Waals surface area contributed by atoms with Crippen molar-refractivity contribution in [1.29, 1.82) is 0 Å².